The standard InChI is InChI=1S/C28H21BrN2O4/c29-19-6-10-22(11-7-19)35-23-12-8-20(9-13-23)30-26(32)18-2-1-3-21(15-18)31-27(33)24-16-4-5-17(14-16)25(24)28(31)34/h1-13,15-17,24-25H,14H2,(H,30,32)/t16-,17-,24-,25-/m0/s1. The van der Waals surface area contributed by atoms with Gasteiger partial charge in [-0.05, 0) is 85.0 Å². The van der Waals surface area contributed by atoms with Crippen LogP contribution in [0.4, 0.5) is 11.4 Å². The van der Waals surface area contributed by atoms with Crippen molar-refractivity contribution in [1.82, 2.24) is 0 Å². The van der Waals surface area contributed by atoms with Crippen molar-refractivity contribution < 1.29 is 19.1 Å². The largest absolute Gasteiger partial charge is 0.457 e. The molecule has 1 saturated heterocycles. The minimum Gasteiger partial charge on any atom is -0.457 e. The molecule has 0 spiro atoms. The Morgan fingerprint density at radius 3 is 2.09 bits per heavy atom. The Bertz CT molecular complexity index is 1340. The fraction of sp³-hybridized carbons (Fsp3) is 0.179. The van der Waals surface area contributed by atoms with Crippen molar-refractivity contribution in [1.29, 1.82) is 0 Å². The minimum atomic E-state index is -0.325. The van der Waals surface area contributed by atoms with Gasteiger partial charge in [0.15, 0.2) is 0 Å². The van der Waals surface area contributed by atoms with E-state index >= 15 is 0 Å². The number of carbonyl (C=O) groups excluding carboxylic acids is 3. The van der Waals surface area contributed by atoms with Crippen molar-refractivity contribution in [3.05, 3.63) is 95.0 Å². The normalized spacial score (nSPS) is 24.1. The maximum absolute atomic E-state index is 13.1. The number of nitrogens with one attached hydrogen (secondary N) is 1. The molecule has 2 aliphatic carbocycles. The lowest BCUT2D eigenvalue weighted by Gasteiger charge is -2.18. The number of amides is 3. The highest BCUT2D eigenvalue weighted by Gasteiger charge is 2.59. The lowest BCUT2D eigenvalue weighted by Crippen LogP contribution is -2.33. The molecule has 3 aromatic carbocycles. The van der Waals surface area contributed by atoms with Crippen molar-refractivity contribution in [3.63, 3.8) is 0 Å². The summed E-state index contributed by atoms with van der Waals surface area (Å²) in [5.41, 5.74) is 1.42. The first-order valence-corrected chi connectivity index (χ1v) is 12.3. The predicted octanol–water partition coefficient (Wildman–Crippen LogP) is 5.81. The summed E-state index contributed by atoms with van der Waals surface area (Å²) in [5, 5.41) is 2.86. The monoisotopic (exact) mass is 528 g/mol. The van der Waals surface area contributed by atoms with E-state index in [1.807, 2.05) is 24.3 Å². The molecule has 3 aromatic rings. The predicted molar refractivity (Wildman–Crippen MR) is 135 cm³/mol. The first kappa shape index (κ1) is 21.8. The van der Waals surface area contributed by atoms with Crippen LogP contribution in [-0.4, -0.2) is 17.7 Å². The molecule has 6 nitrogen and oxygen atoms in total. The van der Waals surface area contributed by atoms with Crippen LogP contribution in [0.25, 0.3) is 0 Å². The summed E-state index contributed by atoms with van der Waals surface area (Å²) in [6.45, 7) is 0. The number of allylic oxidation sites excluding steroid dienone is 2. The SMILES string of the molecule is O=C(Nc1ccc(Oc2ccc(Br)cc2)cc1)c1cccc(N2C(=O)[C@@H]3[C@@H](C2=O)[C@H]2C=C[C@H]3C2)c1. The smallest absolute Gasteiger partial charge is 0.255 e. The fourth-order valence-corrected chi connectivity index (χ4v) is 5.66. The number of rotatable bonds is 5. The van der Waals surface area contributed by atoms with Crippen LogP contribution < -0.4 is 15.0 Å². The number of halogens is 1. The average Bonchev–Trinajstić information content (AvgIpc) is 3.55. The molecule has 174 valence electrons. The van der Waals surface area contributed by atoms with Crippen molar-refractivity contribution in [2.24, 2.45) is 23.7 Å². The maximum atomic E-state index is 13.1. The molecule has 3 aliphatic rings. The molecule has 2 fully saturated rings. The van der Waals surface area contributed by atoms with Gasteiger partial charge in [-0.25, -0.2) is 4.90 Å². The Labute approximate surface area is 210 Å². The molecule has 2 bridgehead atoms. The van der Waals surface area contributed by atoms with Gasteiger partial charge in [0.1, 0.15) is 11.5 Å². The number of anilines is 2. The van der Waals surface area contributed by atoms with E-state index in [0.29, 0.717) is 28.4 Å². The molecule has 1 N–H and O–H groups in total. The molecule has 35 heavy (non-hydrogen) atoms. The number of hydrogen-bond donors (Lipinski definition) is 1. The van der Waals surface area contributed by atoms with Crippen molar-refractivity contribution in [2.45, 2.75) is 6.42 Å². The van der Waals surface area contributed by atoms with Crippen LogP contribution in [0.15, 0.2) is 89.4 Å². The summed E-state index contributed by atoms with van der Waals surface area (Å²) in [4.78, 5) is 40.4. The fourth-order valence-electron chi connectivity index (χ4n) is 5.39. The van der Waals surface area contributed by atoms with E-state index in [4.69, 9.17) is 4.74 Å². The van der Waals surface area contributed by atoms with E-state index in [9.17, 15) is 14.4 Å². The lowest BCUT2D eigenvalue weighted by molar-refractivity contribution is -0.123. The van der Waals surface area contributed by atoms with Crippen molar-refractivity contribution in [3.8, 4) is 11.5 Å². The zero-order valence-electron chi connectivity index (χ0n) is 18.6. The minimum absolute atomic E-state index is 0.147. The van der Waals surface area contributed by atoms with Gasteiger partial charge in [0, 0.05) is 15.7 Å². The van der Waals surface area contributed by atoms with Crippen LogP contribution in [-0.2, 0) is 9.59 Å². The zero-order chi connectivity index (χ0) is 24.1. The quantitative estimate of drug-likeness (QED) is 0.335. The number of hydrogen-bond acceptors (Lipinski definition) is 4. The van der Waals surface area contributed by atoms with Gasteiger partial charge in [-0.1, -0.05) is 34.1 Å². The van der Waals surface area contributed by atoms with E-state index in [0.717, 1.165) is 10.9 Å². The van der Waals surface area contributed by atoms with Crippen molar-refractivity contribution in [2.75, 3.05) is 10.2 Å². The second kappa shape index (κ2) is 8.50. The van der Waals surface area contributed by atoms with Gasteiger partial charge < -0.3 is 10.1 Å². The highest BCUT2D eigenvalue weighted by atomic mass is 79.9. The van der Waals surface area contributed by atoms with Crippen LogP contribution in [0.5, 0.6) is 11.5 Å². The Kier molecular flexibility index (Phi) is 5.29. The number of imide groups is 1. The second-order valence-corrected chi connectivity index (χ2v) is 10.0. The van der Waals surface area contributed by atoms with Gasteiger partial charge in [-0.15, -0.1) is 0 Å². The first-order chi connectivity index (χ1) is 17.0. The molecule has 6 rings (SSSR count). The second-order valence-electron chi connectivity index (χ2n) is 9.10. The lowest BCUT2D eigenvalue weighted by atomic mass is 9.85. The maximum Gasteiger partial charge on any atom is 0.255 e. The summed E-state index contributed by atoms with van der Waals surface area (Å²) in [5.74, 6) is 0.470. The third-order valence-corrected chi connectivity index (χ3v) is 7.53. The van der Waals surface area contributed by atoms with Crippen LogP contribution in [0.2, 0.25) is 0 Å². The number of fused-ring (bicyclic) bond motifs is 5. The number of ether oxygens (including phenoxy) is 1. The van der Waals surface area contributed by atoms with Crippen molar-refractivity contribution >= 4 is 45.0 Å². The zero-order valence-corrected chi connectivity index (χ0v) is 20.1. The average molecular weight is 529 g/mol. The van der Waals surface area contributed by atoms with E-state index in [1.165, 1.54) is 4.90 Å². The van der Waals surface area contributed by atoms with E-state index in [1.54, 1.807) is 48.5 Å². The van der Waals surface area contributed by atoms with Crippen LogP contribution in [0.1, 0.15) is 16.8 Å². The van der Waals surface area contributed by atoms with Gasteiger partial charge >= 0.3 is 0 Å². The van der Waals surface area contributed by atoms with E-state index in [2.05, 4.69) is 33.4 Å². The molecule has 0 aromatic heterocycles. The molecule has 1 saturated carbocycles. The molecule has 7 heteroatoms. The third kappa shape index (κ3) is 3.86. The highest BCUT2D eigenvalue weighted by Crippen LogP contribution is 2.53. The van der Waals surface area contributed by atoms with Gasteiger partial charge in [-0.2, -0.15) is 0 Å². The molecular weight excluding hydrogens is 508 g/mol. The molecule has 1 heterocycles. The summed E-state index contributed by atoms with van der Waals surface area (Å²) in [7, 11) is 0. The van der Waals surface area contributed by atoms with Gasteiger partial charge in [0.25, 0.3) is 5.91 Å². The first-order valence-electron chi connectivity index (χ1n) is 11.5. The number of carbonyl (C=O) groups is 3. The summed E-state index contributed by atoms with van der Waals surface area (Å²) < 4.78 is 6.78. The third-order valence-electron chi connectivity index (χ3n) is 7.00. The molecular formula is C28H21BrN2O4. The number of nitrogens with zero attached hydrogens (tertiary/aromatic N) is 1. The Hall–Kier alpha value is -3.71. The van der Waals surface area contributed by atoms with Crippen LogP contribution >= 0.6 is 15.9 Å². The molecule has 0 unspecified atom stereocenters. The highest BCUT2D eigenvalue weighted by molar-refractivity contribution is 9.10. The summed E-state index contributed by atoms with van der Waals surface area (Å²) >= 11 is 3.40. The molecule has 0 radical (unpaired) electrons. The Balaban J connectivity index is 1.15. The van der Waals surface area contributed by atoms with Crippen LogP contribution in [0, 0.1) is 23.7 Å². The Morgan fingerprint density at radius 2 is 1.46 bits per heavy atom. The summed E-state index contributed by atoms with van der Waals surface area (Å²) in [6.07, 6.45) is 5.02. The topological polar surface area (TPSA) is 75.7 Å². The van der Waals surface area contributed by atoms with Crippen LogP contribution in [0.3, 0.4) is 0 Å². The molecule has 4 atom stereocenters. The molecule has 3 amide bonds. The van der Waals surface area contributed by atoms with Gasteiger partial charge in [0.2, 0.25) is 11.8 Å². The Morgan fingerprint density at radius 1 is 0.857 bits per heavy atom. The van der Waals surface area contributed by atoms with Gasteiger partial charge in [-0.3, -0.25) is 14.4 Å². The molecule has 1 aliphatic heterocycles. The summed E-state index contributed by atoms with van der Waals surface area (Å²) in [6, 6.07) is 21.2. The van der Waals surface area contributed by atoms with E-state index in [-0.39, 0.29) is 41.4 Å². The van der Waals surface area contributed by atoms with E-state index < -0.39 is 0 Å². The van der Waals surface area contributed by atoms with Gasteiger partial charge in [0.05, 0.1) is 17.5 Å². The number of benzene rings is 3.